The van der Waals surface area contributed by atoms with Gasteiger partial charge < -0.3 is 10.1 Å². The molecule has 2 amide bonds. The molecule has 26 heavy (non-hydrogen) atoms. The fourth-order valence-corrected chi connectivity index (χ4v) is 2.64. The Balaban J connectivity index is 1.77. The summed E-state index contributed by atoms with van der Waals surface area (Å²) in [5, 5.41) is 6.72. The first-order valence-corrected chi connectivity index (χ1v) is 9.08. The first kappa shape index (κ1) is 19.9. The molecule has 0 aliphatic heterocycles. The van der Waals surface area contributed by atoms with Crippen LogP contribution in [0, 0.1) is 10.5 Å². The summed E-state index contributed by atoms with van der Waals surface area (Å²) < 4.78 is 6.47. The summed E-state index contributed by atoms with van der Waals surface area (Å²) in [7, 11) is 0. The average Bonchev–Trinajstić information content (AvgIpc) is 2.59. The highest BCUT2D eigenvalue weighted by Gasteiger charge is 2.07. The minimum atomic E-state index is -0.384. The Bertz CT molecular complexity index is 821. The van der Waals surface area contributed by atoms with E-state index in [9.17, 15) is 9.59 Å². The van der Waals surface area contributed by atoms with E-state index in [1.807, 2.05) is 49.4 Å². The summed E-state index contributed by atoms with van der Waals surface area (Å²) in [5.74, 6) is 0.0736. The number of hydrogen-bond acceptors (Lipinski definition) is 4. The molecule has 0 aliphatic carbocycles. The highest BCUT2D eigenvalue weighted by atomic mass is 127. The average molecular weight is 465 g/mol. The van der Waals surface area contributed by atoms with Crippen molar-refractivity contribution in [2.45, 2.75) is 20.3 Å². The fraction of sp³-hybridized carbons (Fsp3) is 0.211. The van der Waals surface area contributed by atoms with Gasteiger partial charge in [-0.1, -0.05) is 24.3 Å². The Morgan fingerprint density at radius 3 is 2.62 bits per heavy atom. The van der Waals surface area contributed by atoms with Crippen LogP contribution in [0.1, 0.15) is 18.9 Å². The normalized spacial score (nSPS) is 11.0. The summed E-state index contributed by atoms with van der Waals surface area (Å²) in [6.45, 7) is 3.44. The van der Waals surface area contributed by atoms with Crippen LogP contribution in [0.5, 0.6) is 5.75 Å². The van der Waals surface area contributed by atoms with Gasteiger partial charge in [0.05, 0.1) is 6.42 Å². The number of carbonyl (C=O) groups excluding carboxylic acids is 2. The Morgan fingerprint density at radius 2 is 1.88 bits per heavy atom. The van der Waals surface area contributed by atoms with Crippen LogP contribution in [0.15, 0.2) is 53.6 Å². The van der Waals surface area contributed by atoms with Crippen LogP contribution in [0.4, 0.5) is 5.69 Å². The molecule has 2 aromatic rings. The van der Waals surface area contributed by atoms with E-state index in [-0.39, 0.29) is 24.8 Å². The van der Waals surface area contributed by atoms with Crippen LogP contribution < -0.4 is 15.5 Å². The van der Waals surface area contributed by atoms with Crippen LogP contribution in [-0.2, 0) is 9.59 Å². The lowest BCUT2D eigenvalue weighted by molar-refractivity contribution is -0.123. The number of nitrogens with one attached hydrogen (secondary N) is 2. The van der Waals surface area contributed by atoms with Crippen LogP contribution in [-0.4, -0.2) is 24.1 Å². The minimum Gasteiger partial charge on any atom is -0.483 e. The molecule has 0 radical (unpaired) electrons. The predicted octanol–water partition coefficient (Wildman–Crippen LogP) is 3.50. The number of rotatable bonds is 7. The first-order chi connectivity index (χ1) is 12.4. The van der Waals surface area contributed by atoms with Crippen molar-refractivity contribution in [3.8, 4) is 5.75 Å². The molecule has 0 unspecified atom stereocenters. The zero-order chi connectivity index (χ0) is 18.9. The number of carbonyl (C=O) groups is 2. The van der Waals surface area contributed by atoms with Crippen molar-refractivity contribution in [3.05, 3.63) is 57.7 Å². The highest BCUT2D eigenvalue weighted by Crippen LogP contribution is 2.15. The van der Waals surface area contributed by atoms with Gasteiger partial charge in [0.1, 0.15) is 5.75 Å². The third-order valence-electron chi connectivity index (χ3n) is 3.35. The van der Waals surface area contributed by atoms with E-state index in [2.05, 4.69) is 38.4 Å². The molecule has 0 heterocycles. The molecule has 7 heteroatoms. The molecule has 0 fully saturated rings. The van der Waals surface area contributed by atoms with Gasteiger partial charge in [0.2, 0.25) is 5.91 Å². The Labute approximate surface area is 166 Å². The zero-order valence-corrected chi connectivity index (χ0v) is 16.7. The van der Waals surface area contributed by atoms with Gasteiger partial charge >= 0.3 is 0 Å². The van der Waals surface area contributed by atoms with Crippen molar-refractivity contribution in [1.29, 1.82) is 0 Å². The van der Waals surface area contributed by atoms with Crippen LogP contribution in [0.2, 0.25) is 0 Å². The van der Waals surface area contributed by atoms with E-state index in [4.69, 9.17) is 4.74 Å². The predicted molar refractivity (Wildman–Crippen MR) is 110 cm³/mol. The Kier molecular flexibility index (Phi) is 7.58. The molecule has 0 bridgehead atoms. The van der Waals surface area contributed by atoms with Crippen LogP contribution in [0.25, 0.3) is 0 Å². The van der Waals surface area contributed by atoms with Crippen molar-refractivity contribution < 1.29 is 14.3 Å². The highest BCUT2D eigenvalue weighted by molar-refractivity contribution is 14.1. The molecule has 2 N–H and O–H groups in total. The number of halogens is 1. The summed E-state index contributed by atoms with van der Waals surface area (Å²) in [5.41, 5.74) is 4.57. The van der Waals surface area contributed by atoms with E-state index in [1.54, 1.807) is 13.0 Å². The van der Waals surface area contributed by atoms with E-state index in [0.717, 1.165) is 14.8 Å². The van der Waals surface area contributed by atoms with Crippen LogP contribution >= 0.6 is 22.6 Å². The van der Waals surface area contributed by atoms with Crippen molar-refractivity contribution >= 4 is 45.8 Å². The maximum Gasteiger partial charge on any atom is 0.277 e. The number of ether oxygens (including phenoxy) is 1. The van der Waals surface area contributed by atoms with E-state index in [1.165, 1.54) is 0 Å². The number of benzene rings is 2. The molecule has 136 valence electrons. The van der Waals surface area contributed by atoms with Gasteiger partial charge in [-0.05, 0) is 66.3 Å². The van der Waals surface area contributed by atoms with Gasteiger partial charge in [-0.3, -0.25) is 9.59 Å². The molecule has 0 aliphatic rings. The third kappa shape index (κ3) is 6.83. The fourth-order valence-electron chi connectivity index (χ4n) is 2.10. The largest absolute Gasteiger partial charge is 0.483 e. The van der Waals surface area contributed by atoms with Crippen molar-refractivity contribution in [1.82, 2.24) is 5.43 Å². The van der Waals surface area contributed by atoms with E-state index in [0.29, 0.717) is 11.5 Å². The maximum absolute atomic E-state index is 12.0. The van der Waals surface area contributed by atoms with Crippen molar-refractivity contribution in [2.75, 3.05) is 11.9 Å². The number of nitrogens with zero attached hydrogens (tertiary/aromatic N) is 1. The molecular formula is C19H20IN3O3. The van der Waals surface area contributed by atoms with E-state index < -0.39 is 0 Å². The quantitative estimate of drug-likeness (QED) is 0.373. The van der Waals surface area contributed by atoms with Gasteiger partial charge in [-0.15, -0.1) is 0 Å². The minimum absolute atomic E-state index is 0.0877. The zero-order valence-electron chi connectivity index (χ0n) is 14.6. The number of hydrogen-bond donors (Lipinski definition) is 2. The summed E-state index contributed by atoms with van der Waals surface area (Å²) in [6, 6.07) is 14.9. The smallest absolute Gasteiger partial charge is 0.277 e. The third-order valence-corrected chi connectivity index (χ3v) is 4.02. The van der Waals surface area contributed by atoms with Gasteiger partial charge in [0.15, 0.2) is 6.61 Å². The van der Waals surface area contributed by atoms with Gasteiger partial charge in [-0.25, -0.2) is 5.43 Å². The number of hydrazone groups is 1. The molecule has 0 atom stereocenters. The number of anilines is 1. The Morgan fingerprint density at radius 1 is 1.12 bits per heavy atom. The standard InChI is InChI=1S/C19H20IN3O3/c1-13-6-3-4-9-17(13)26-12-19(25)23-22-14(2)10-18(24)21-16-8-5-7-15(20)11-16/h3-9,11H,10,12H2,1-2H3,(H,21,24)(H,23,25)/b22-14+. The van der Waals surface area contributed by atoms with Crippen LogP contribution in [0.3, 0.4) is 0 Å². The Hall–Kier alpha value is -2.42. The lowest BCUT2D eigenvalue weighted by Crippen LogP contribution is -2.26. The lowest BCUT2D eigenvalue weighted by Gasteiger charge is -2.08. The van der Waals surface area contributed by atoms with E-state index >= 15 is 0 Å². The van der Waals surface area contributed by atoms with Gasteiger partial charge in [-0.2, -0.15) is 5.10 Å². The molecule has 2 rings (SSSR count). The molecule has 6 nitrogen and oxygen atoms in total. The lowest BCUT2D eigenvalue weighted by atomic mass is 10.2. The number of amides is 2. The first-order valence-electron chi connectivity index (χ1n) is 8.00. The molecule has 0 aromatic heterocycles. The molecule has 0 saturated carbocycles. The maximum atomic E-state index is 12.0. The topological polar surface area (TPSA) is 79.8 Å². The molecular weight excluding hydrogens is 445 g/mol. The van der Waals surface area contributed by atoms with Gasteiger partial charge in [0, 0.05) is 15.0 Å². The van der Waals surface area contributed by atoms with Crippen molar-refractivity contribution in [2.24, 2.45) is 5.10 Å². The second kappa shape index (κ2) is 9.91. The second-order valence-electron chi connectivity index (χ2n) is 5.67. The summed E-state index contributed by atoms with van der Waals surface area (Å²) in [6.07, 6.45) is 0.0877. The SMILES string of the molecule is C/C(CC(=O)Nc1cccc(I)c1)=N\NC(=O)COc1ccccc1C. The van der Waals surface area contributed by atoms with Gasteiger partial charge in [0.25, 0.3) is 5.91 Å². The molecule has 0 spiro atoms. The molecule has 2 aromatic carbocycles. The number of para-hydroxylation sites is 1. The van der Waals surface area contributed by atoms with Crippen molar-refractivity contribution in [3.63, 3.8) is 0 Å². The monoisotopic (exact) mass is 465 g/mol. The summed E-state index contributed by atoms with van der Waals surface area (Å²) in [4.78, 5) is 23.8. The second-order valence-corrected chi connectivity index (χ2v) is 6.92. The summed E-state index contributed by atoms with van der Waals surface area (Å²) >= 11 is 2.18. The number of aryl methyl sites for hydroxylation is 1. The molecule has 0 saturated heterocycles.